The molecule has 0 radical (unpaired) electrons. The summed E-state index contributed by atoms with van der Waals surface area (Å²) in [5.41, 5.74) is 2.26. The van der Waals surface area contributed by atoms with Crippen molar-refractivity contribution >= 4 is 29.4 Å². The summed E-state index contributed by atoms with van der Waals surface area (Å²) in [6.45, 7) is 3.57. The first-order chi connectivity index (χ1) is 15.9. The number of methoxy groups -OCH3 is 2. The minimum Gasteiger partial charge on any atom is -0.497 e. The van der Waals surface area contributed by atoms with Gasteiger partial charge in [-0.25, -0.2) is 4.98 Å². The minimum absolute atomic E-state index is 0.123. The zero-order valence-corrected chi connectivity index (χ0v) is 19.2. The molecular formula is C24H25ClN4O4. The number of halogens is 1. The number of nitrogens with zero attached hydrogens (tertiary/aromatic N) is 3. The molecular weight excluding hydrogens is 444 g/mol. The lowest BCUT2D eigenvalue weighted by molar-refractivity contribution is -0.137. The number of ether oxygens (including phenoxy) is 2. The molecule has 9 heteroatoms. The molecule has 172 valence electrons. The van der Waals surface area contributed by atoms with Crippen LogP contribution in [0.2, 0.25) is 5.02 Å². The minimum atomic E-state index is -0.399. The predicted octanol–water partition coefficient (Wildman–Crippen LogP) is 3.80. The zero-order chi connectivity index (χ0) is 23.8. The van der Waals surface area contributed by atoms with Gasteiger partial charge >= 0.3 is 0 Å². The van der Waals surface area contributed by atoms with Gasteiger partial charge in [-0.1, -0.05) is 29.8 Å². The van der Waals surface area contributed by atoms with Crippen LogP contribution in [-0.2, 0) is 14.3 Å². The second kappa shape index (κ2) is 11.3. The van der Waals surface area contributed by atoms with Gasteiger partial charge in [0, 0.05) is 36.1 Å². The second-order valence-corrected chi connectivity index (χ2v) is 7.51. The van der Waals surface area contributed by atoms with Gasteiger partial charge in [0.2, 0.25) is 17.8 Å². The number of amides is 2. The molecule has 0 atom stereocenters. The normalized spacial score (nSPS) is 10.5. The molecule has 33 heavy (non-hydrogen) atoms. The molecule has 0 saturated carbocycles. The molecule has 3 rings (SSSR count). The van der Waals surface area contributed by atoms with Gasteiger partial charge in [-0.05, 0) is 36.4 Å². The van der Waals surface area contributed by atoms with Crippen LogP contribution in [0.15, 0.2) is 67.4 Å². The molecule has 0 spiro atoms. The SMILES string of the molecule is C=CCN(CC(=O)Nc1nc(-c2ccc(Cl)cc2)cn1-c1ccc(OC)cc1)C(=O)COC. The number of aromatic nitrogens is 2. The van der Waals surface area contributed by atoms with E-state index in [4.69, 9.17) is 21.1 Å². The highest BCUT2D eigenvalue weighted by atomic mass is 35.5. The van der Waals surface area contributed by atoms with Crippen LogP contribution in [0.4, 0.5) is 5.95 Å². The largest absolute Gasteiger partial charge is 0.497 e. The Kier molecular flexibility index (Phi) is 8.23. The summed E-state index contributed by atoms with van der Waals surface area (Å²) in [7, 11) is 3.02. The van der Waals surface area contributed by atoms with Gasteiger partial charge in [-0.15, -0.1) is 6.58 Å². The lowest BCUT2D eigenvalue weighted by Crippen LogP contribution is -2.40. The van der Waals surface area contributed by atoms with Gasteiger partial charge < -0.3 is 14.4 Å². The van der Waals surface area contributed by atoms with E-state index in [-0.39, 0.29) is 25.6 Å². The molecule has 2 aromatic carbocycles. The molecule has 8 nitrogen and oxygen atoms in total. The Bertz CT molecular complexity index is 1110. The van der Waals surface area contributed by atoms with Crippen molar-refractivity contribution in [3.8, 4) is 22.7 Å². The summed E-state index contributed by atoms with van der Waals surface area (Å²) in [5, 5.41) is 3.43. The number of hydrogen-bond donors (Lipinski definition) is 1. The molecule has 0 saturated heterocycles. The number of benzene rings is 2. The molecule has 3 aromatic rings. The fourth-order valence-electron chi connectivity index (χ4n) is 3.13. The van der Waals surface area contributed by atoms with Crippen molar-refractivity contribution in [1.82, 2.24) is 14.5 Å². The first-order valence-electron chi connectivity index (χ1n) is 10.1. The van der Waals surface area contributed by atoms with Crippen LogP contribution >= 0.6 is 11.6 Å². The summed E-state index contributed by atoms with van der Waals surface area (Å²) in [6.07, 6.45) is 3.37. The van der Waals surface area contributed by atoms with E-state index in [1.165, 1.54) is 12.0 Å². The van der Waals surface area contributed by atoms with Gasteiger partial charge in [-0.3, -0.25) is 19.5 Å². The van der Waals surface area contributed by atoms with E-state index >= 15 is 0 Å². The Morgan fingerprint density at radius 3 is 2.45 bits per heavy atom. The maximum Gasteiger partial charge on any atom is 0.249 e. The average Bonchev–Trinajstić information content (AvgIpc) is 3.23. The van der Waals surface area contributed by atoms with Crippen molar-refractivity contribution in [3.05, 3.63) is 72.4 Å². The molecule has 0 bridgehead atoms. The third kappa shape index (κ3) is 6.21. The number of rotatable bonds is 10. The summed E-state index contributed by atoms with van der Waals surface area (Å²) >= 11 is 6.01. The Labute approximate surface area is 197 Å². The third-order valence-corrected chi connectivity index (χ3v) is 5.00. The van der Waals surface area contributed by atoms with Crippen LogP contribution in [0.5, 0.6) is 5.75 Å². The number of carbonyl (C=O) groups is 2. The van der Waals surface area contributed by atoms with Crippen LogP contribution in [0.25, 0.3) is 16.9 Å². The lowest BCUT2D eigenvalue weighted by Gasteiger charge is -2.20. The summed E-state index contributed by atoms with van der Waals surface area (Å²) in [6, 6.07) is 14.6. The highest BCUT2D eigenvalue weighted by Gasteiger charge is 2.19. The standard InChI is InChI=1S/C24H25ClN4O4/c1-4-13-28(23(31)16-32-2)15-22(30)27-24-26-21(17-5-7-18(25)8-6-17)14-29(24)19-9-11-20(33-3)12-10-19/h4-12,14H,1,13,15-16H2,2-3H3,(H,26,27,30). The topological polar surface area (TPSA) is 85.7 Å². The maximum absolute atomic E-state index is 12.8. The summed E-state index contributed by atoms with van der Waals surface area (Å²) in [4.78, 5) is 31.0. The number of imidazole rings is 1. The van der Waals surface area contributed by atoms with Gasteiger partial charge in [0.25, 0.3) is 0 Å². The van der Waals surface area contributed by atoms with Gasteiger partial charge in [0.1, 0.15) is 18.9 Å². The molecule has 1 heterocycles. The molecule has 1 aromatic heterocycles. The summed E-state index contributed by atoms with van der Waals surface area (Å²) in [5.74, 6) is 0.309. The quantitative estimate of drug-likeness (QED) is 0.457. The molecule has 1 N–H and O–H groups in total. The van der Waals surface area contributed by atoms with Crippen molar-refractivity contribution < 1.29 is 19.1 Å². The van der Waals surface area contributed by atoms with Crippen molar-refractivity contribution in [2.24, 2.45) is 0 Å². The highest BCUT2D eigenvalue weighted by molar-refractivity contribution is 6.30. The van der Waals surface area contributed by atoms with E-state index in [1.807, 2.05) is 42.6 Å². The van der Waals surface area contributed by atoms with Crippen LogP contribution < -0.4 is 10.1 Å². The highest BCUT2D eigenvalue weighted by Crippen LogP contribution is 2.26. The van der Waals surface area contributed by atoms with E-state index in [9.17, 15) is 9.59 Å². The molecule has 2 amide bonds. The van der Waals surface area contributed by atoms with Crippen LogP contribution in [0.1, 0.15) is 0 Å². The Morgan fingerprint density at radius 1 is 1.15 bits per heavy atom. The van der Waals surface area contributed by atoms with Gasteiger partial charge in [0.05, 0.1) is 12.8 Å². The van der Waals surface area contributed by atoms with E-state index in [0.717, 1.165) is 11.3 Å². The number of hydrogen-bond acceptors (Lipinski definition) is 5. The Balaban J connectivity index is 1.91. The molecule has 0 unspecified atom stereocenters. The fourth-order valence-corrected chi connectivity index (χ4v) is 3.26. The molecule has 0 aliphatic carbocycles. The smallest absolute Gasteiger partial charge is 0.249 e. The molecule has 0 aliphatic rings. The Hall–Kier alpha value is -3.62. The predicted molar refractivity (Wildman–Crippen MR) is 128 cm³/mol. The Morgan fingerprint density at radius 2 is 1.85 bits per heavy atom. The van der Waals surface area contributed by atoms with E-state index in [1.54, 1.807) is 29.9 Å². The third-order valence-electron chi connectivity index (χ3n) is 4.75. The van der Waals surface area contributed by atoms with Crippen molar-refractivity contribution in [1.29, 1.82) is 0 Å². The monoisotopic (exact) mass is 468 g/mol. The van der Waals surface area contributed by atoms with Gasteiger partial charge in [-0.2, -0.15) is 0 Å². The second-order valence-electron chi connectivity index (χ2n) is 7.07. The maximum atomic E-state index is 12.8. The van der Waals surface area contributed by atoms with E-state index in [2.05, 4.69) is 16.9 Å². The zero-order valence-electron chi connectivity index (χ0n) is 18.5. The fraction of sp³-hybridized carbons (Fsp3) is 0.208. The first-order valence-corrected chi connectivity index (χ1v) is 10.5. The first kappa shape index (κ1) is 24.0. The van der Waals surface area contributed by atoms with E-state index < -0.39 is 5.91 Å². The van der Waals surface area contributed by atoms with Crippen LogP contribution in [-0.4, -0.2) is 60.2 Å². The van der Waals surface area contributed by atoms with Crippen LogP contribution in [0.3, 0.4) is 0 Å². The van der Waals surface area contributed by atoms with Gasteiger partial charge in [0.15, 0.2) is 0 Å². The molecule has 0 fully saturated rings. The van der Waals surface area contributed by atoms with Crippen molar-refractivity contribution in [3.63, 3.8) is 0 Å². The number of anilines is 1. The van der Waals surface area contributed by atoms with Crippen LogP contribution in [0, 0.1) is 0 Å². The van der Waals surface area contributed by atoms with E-state index in [0.29, 0.717) is 22.4 Å². The van der Waals surface area contributed by atoms with Crippen molar-refractivity contribution in [2.45, 2.75) is 0 Å². The lowest BCUT2D eigenvalue weighted by atomic mass is 10.2. The number of nitrogens with one attached hydrogen (secondary N) is 1. The number of carbonyl (C=O) groups excluding carboxylic acids is 2. The average molecular weight is 469 g/mol. The molecule has 0 aliphatic heterocycles. The van der Waals surface area contributed by atoms with Crippen molar-refractivity contribution in [2.75, 3.05) is 39.2 Å². The summed E-state index contributed by atoms with van der Waals surface area (Å²) < 4.78 is 11.9.